The van der Waals surface area contributed by atoms with Crippen LogP contribution in [0.25, 0.3) is 5.69 Å². The van der Waals surface area contributed by atoms with Crippen LogP contribution in [0.4, 0.5) is 5.95 Å². The second-order valence-corrected chi connectivity index (χ2v) is 7.28. The molecule has 0 amide bonds. The third kappa shape index (κ3) is 1.81. The summed E-state index contributed by atoms with van der Waals surface area (Å²) in [6, 6.07) is 5.84. The van der Waals surface area contributed by atoms with Gasteiger partial charge in [0.25, 0.3) is 0 Å². The number of imidazole rings is 1. The molecule has 6 rings (SSSR count). The van der Waals surface area contributed by atoms with E-state index < -0.39 is 0 Å². The standard InChI is InChI=1S/C18H14ClN6O/c19-14-3-1-2-13-15(14)24-10-20-8-12(24)9-25(7-6-21-16(13)25)18-22-17(26-23-18)11-4-5-11/h1-3,6-8,10-11H,4-5,9H2/q+1. The lowest BCUT2D eigenvalue weighted by molar-refractivity contribution is 0.367. The van der Waals surface area contributed by atoms with E-state index in [1.54, 1.807) is 12.5 Å². The molecule has 1 fully saturated rings. The van der Waals surface area contributed by atoms with Gasteiger partial charge >= 0.3 is 5.95 Å². The number of halogens is 1. The van der Waals surface area contributed by atoms with Gasteiger partial charge in [-0.05, 0) is 25.0 Å². The van der Waals surface area contributed by atoms with Crippen LogP contribution in [0.5, 0.6) is 0 Å². The molecule has 0 radical (unpaired) electrons. The maximum absolute atomic E-state index is 6.55. The van der Waals surface area contributed by atoms with Gasteiger partial charge in [0.15, 0.2) is 0 Å². The van der Waals surface area contributed by atoms with Crippen molar-refractivity contribution in [1.29, 1.82) is 0 Å². The van der Waals surface area contributed by atoms with Crippen molar-refractivity contribution in [1.82, 2.24) is 24.2 Å². The van der Waals surface area contributed by atoms with Gasteiger partial charge in [-0.2, -0.15) is 9.48 Å². The van der Waals surface area contributed by atoms with E-state index in [4.69, 9.17) is 21.1 Å². The number of nitrogens with zero attached hydrogens (tertiary/aromatic N) is 6. The van der Waals surface area contributed by atoms with Crippen LogP contribution in [0.3, 0.4) is 0 Å². The van der Waals surface area contributed by atoms with Crippen molar-refractivity contribution in [2.45, 2.75) is 25.3 Å². The summed E-state index contributed by atoms with van der Waals surface area (Å²) in [4.78, 5) is 13.7. The van der Waals surface area contributed by atoms with E-state index in [1.807, 2.05) is 35.2 Å². The van der Waals surface area contributed by atoms with Crippen LogP contribution < -0.4 is 4.48 Å². The fraction of sp³-hybridized carbons (Fsp3) is 0.222. The summed E-state index contributed by atoms with van der Waals surface area (Å²) in [5.74, 6) is 2.56. The Hall–Kier alpha value is -2.77. The van der Waals surface area contributed by atoms with Crippen LogP contribution in [0.1, 0.15) is 35.9 Å². The molecule has 1 saturated carbocycles. The molecule has 0 N–H and O–H groups in total. The summed E-state index contributed by atoms with van der Waals surface area (Å²) in [5, 5.41) is 4.98. The molecule has 1 aliphatic carbocycles. The van der Waals surface area contributed by atoms with Crippen molar-refractivity contribution in [2.75, 3.05) is 0 Å². The highest BCUT2D eigenvalue weighted by Crippen LogP contribution is 2.42. The third-order valence-electron chi connectivity index (χ3n) is 5.21. The maximum atomic E-state index is 6.55. The molecular formula is C18H14ClN6O+. The monoisotopic (exact) mass is 365 g/mol. The number of hydrogen-bond donors (Lipinski definition) is 0. The van der Waals surface area contributed by atoms with Crippen molar-refractivity contribution in [3.8, 4) is 5.69 Å². The van der Waals surface area contributed by atoms with Crippen molar-refractivity contribution in [3.63, 3.8) is 0 Å². The fourth-order valence-electron chi connectivity index (χ4n) is 3.76. The van der Waals surface area contributed by atoms with Crippen molar-refractivity contribution < 1.29 is 4.52 Å². The predicted octanol–water partition coefficient (Wildman–Crippen LogP) is 3.54. The molecule has 7 nitrogen and oxygen atoms in total. The van der Waals surface area contributed by atoms with Gasteiger partial charge in [-0.3, -0.25) is 4.57 Å². The molecule has 1 aromatic carbocycles. The molecular weight excluding hydrogens is 352 g/mol. The Bertz CT molecular complexity index is 1110. The number of fused-ring (bicyclic) bond motifs is 5. The van der Waals surface area contributed by atoms with E-state index in [0.717, 1.165) is 41.5 Å². The minimum atomic E-state index is 0.273. The molecule has 0 saturated heterocycles. The van der Waals surface area contributed by atoms with E-state index in [0.29, 0.717) is 23.4 Å². The number of benzene rings is 1. The molecule has 2 aliphatic heterocycles. The fourth-order valence-corrected chi connectivity index (χ4v) is 4.02. The van der Waals surface area contributed by atoms with Crippen molar-refractivity contribution in [2.24, 2.45) is 4.99 Å². The normalized spacial score (nSPS) is 23.2. The van der Waals surface area contributed by atoms with Crippen molar-refractivity contribution >= 4 is 23.4 Å². The lowest BCUT2D eigenvalue weighted by atomic mass is 10.1. The highest BCUT2D eigenvalue weighted by molar-refractivity contribution is 6.33. The summed E-state index contributed by atoms with van der Waals surface area (Å²) >= 11 is 6.55. The molecule has 1 unspecified atom stereocenters. The minimum Gasteiger partial charge on any atom is -0.334 e. The molecule has 4 heterocycles. The molecule has 3 aromatic rings. The molecule has 3 aliphatic rings. The quantitative estimate of drug-likeness (QED) is 0.651. The van der Waals surface area contributed by atoms with Crippen LogP contribution >= 0.6 is 11.6 Å². The van der Waals surface area contributed by atoms with E-state index in [9.17, 15) is 0 Å². The minimum absolute atomic E-state index is 0.273. The van der Waals surface area contributed by atoms with Crippen LogP contribution in [-0.2, 0) is 6.54 Å². The molecule has 26 heavy (non-hydrogen) atoms. The molecule has 128 valence electrons. The first-order chi connectivity index (χ1) is 12.8. The lowest BCUT2D eigenvalue weighted by Crippen LogP contribution is -2.47. The van der Waals surface area contributed by atoms with Crippen LogP contribution in [-0.4, -0.2) is 25.5 Å². The van der Waals surface area contributed by atoms with Gasteiger partial charge in [-0.15, -0.1) is 4.98 Å². The van der Waals surface area contributed by atoms with E-state index in [2.05, 4.69) is 15.1 Å². The van der Waals surface area contributed by atoms with E-state index in [1.165, 1.54) is 0 Å². The van der Waals surface area contributed by atoms with Crippen LogP contribution in [0, 0.1) is 0 Å². The molecule has 8 heteroatoms. The first-order valence-electron chi connectivity index (χ1n) is 8.55. The Morgan fingerprint density at radius 3 is 3.08 bits per heavy atom. The van der Waals surface area contributed by atoms with Gasteiger partial charge in [0.2, 0.25) is 11.7 Å². The largest absolute Gasteiger partial charge is 0.377 e. The van der Waals surface area contributed by atoms with Gasteiger partial charge in [-0.25, -0.2) is 4.98 Å². The Morgan fingerprint density at radius 2 is 2.19 bits per heavy atom. The van der Waals surface area contributed by atoms with Gasteiger partial charge in [0.05, 0.1) is 40.7 Å². The number of para-hydroxylation sites is 1. The zero-order valence-electron chi connectivity index (χ0n) is 13.7. The summed E-state index contributed by atoms with van der Waals surface area (Å²) < 4.78 is 7.85. The molecule has 0 spiro atoms. The van der Waals surface area contributed by atoms with Crippen LogP contribution in [0.2, 0.25) is 5.02 Å². The van der Waals surface area contributed by atoms with Gasteiger partial charge < -0.3 is 4.52 Å². The number of hydrogen-bond acceptors (Lipinski definition) is 5. The average molecular weight is 366 g/mol. The average Bonchev–Trinajstić information content (AvgIpc) is 3.07. The number of rotatable bonds is 2. The Balaban J connectivity index is 1.63. The second-order valence-electron chi connectivity index (χ2n) is 6.88. The Labute approximate surface area is 153 Å². The number of quaternary nitrogens is 1. The Kier molecular flexibility index (Phi) is 2.71. The summed E-state index contributed by atoms with van der Waals surface area (Å²) in [6.45, 7) is 0.587. The highest BCUT2D eigenvalue weighted by atomic mass is 35.5. The lowest BCUT2D eigenvalue weighted by Gasteiger charge is -2.25. The Morgan fingerprint density at radius 1 is 1.27 bits per heavy atom. The highest BCUT2D eigenvalue weighted by Gasteiger charge is 2.48. The van der Waals surface area contributed by atoms with Gasteiger partial charge in [0, 0.05) is 11.1 Å². The summed E-state index contributed by atoms with van der Waals surface area (Å²) in [7, 11) is 0. The van der Waals surface area contributed by atoms with Gasteiger partial charge in [0.1, 0.15) is 12.7 Å². The number of aromatic nitrogens is 4. The zero-order valence-corrected chi connectivity index (χ0v) is 14.5. The van der Waals surface area contributed by atoms with E-state index in [-0.39, 0.29) is 4.48 Å². The summed E-state index contributed by atoms with van der Waals surface area (Å²) in [5.41, 5.74) is 2.83. The van der Waals surface area contributed by atoms with Crippen LogP contribution in [0.15, 0.2) is 52.6 Å². The van der Waals surface area contributed by atoms with Gasteiger partial charge in [-0.1, -0.05) is 17.7 Å². The smallest absolute Gasteiger partial charge is 0.334 e. The van der Waals surface area contributed by atoms with Crippen molar-refractivity contribution in [3.05, 3.63) is 65.3 Å². The number of aliphatic imine (C=N–C) groups is 1. The zero-order chi connectivity index (χ0) is 17.3. The first kappa shape index (κ1) is 14.4. The number of amidine groups is 1. The topological polar surface area (TPSA) is 69.1 Å². The molecule has 2 aromatic heterocycles. The molecule has 1 atom stereocenters. The molecule has 0 bridgehead atoms. The first-order valence-corrected chi connectivity index (χ1v) is 8.92. The van der Waals surface area contributed by atoms with E-state index >= 15 is 0 Å². The second kappa shape index (κ2) is 4.90. The third-order valence-corrected chi connectivity index (χ3v) is 5.51. The predicted molar refractivity (Wildman–Crippen MR) is 96.0 cm³/mol. The SMILES string of the molecule is Clc1cccc2c1-n1cncc1C[N+]1(c3noc(C4CC4)n3)C=CN=C21. The summed E-state index contributed by atoms with van der Waals surface area (Å²) in [6.07, 6.45) is 9.68. The maximum Gasteiger partial charge on any atom is 0.377 e.